The van der Waals surface area contributed by atoms with E-state index in [-0.39, 0.29) is 13.5 Å². The van der Waals surface area contributed by atoms with E-state index >= 15 is 0 Å². The normalized spacial score (nSPS) is 43.8. The molecule has 4 aliphatic heterocycles. The minimum absolute atomic E-state index is 0.0642. The van der Waals surface area contributed by atoms with Crippen LogP contribution in [0.15, 0.2) is 23.5 Å². The molecule has 0 saturated carbocycles. The Morgan fingerprint density at radius 3 is 2.94 bits per heavy atom. The van der Waals surface area contributed by atoms with Crippen LogP contribution in [0.2, 0.25) is 0 Å². The molecule has 0 aromatic rings. The van der Waals surface area contributed by atoms with E-state index in [0.717, 1.165) is 5.88 Å². The minimum atomic E-state index is -4.08. The lowest BCUT2D eigenvalue weighted by atomic mass is 9.68. The number of carbonyl (C=O) groups excluding carboxylic acids is 2. The van der Waals surface area contributed by atoms with Crippen molar-refractivity contribution in [1.82, 2.24) is 15.1 Å². The molecular weight excluding hydrogens is 509 g/mol. The van der Waals surface area contributed by atoms with Gasteiger partial charge in [-0.25, -0.2) is 4.57 Å². The average Bonchev–Trinajstić information content (AvgIpc) is 3.41. The number of aliphatic hydroxyl groups excluding tert-OH is 1. The van der Waals surface area contributed by atoms with Gasteiger partial charge in [0.05, 0.1) is 18.6 Å². The summed E-state index contributed by atoms with van der Waals surface area (Å²) in [6.07, 6.45) is -0.866. The maximum absolute atomic E-state index is 13.3. The van der Waals surface area contributed by atoms with Crippen molar-refractivity contribution in [3.8, 4) is 0 Å². The largest absolute Gasteiger partial charge is 0.477 e. The van der Waals surface area contributed by atoms with Gasteiger partial charge in [0.1, 0.15) is 41.0 Å². The number of allylic oxidation sites excluding steroid dienone is 1. The maximum Gasteiger partial charge on any atom is 0.477 e. The molecule has 15 heteroatoms. The van der Waals surface area contributed by atoms with E-state index in [9.17, 15) is 19.3 Å². The molecule has 0 bridgehead atoms. The van der Waals surface area contributed by atoms with Crippen molar-refractivity contribution in [2.24, 2.45) is 11.8 Å². The summed E-state index contributed by atoms with van der Waals surface area (Å²) in [4.78, 5) is 29.5. The summed E-state index contributed by atoms with van der Waals surface area (Å²) in [5.41, 5.74) is 0.570. The van der Waals surface area contributed by atoms with Gasteiger partial charge >= 0.3 is 7.82 Å². The monoisotopic (exact) mass is 531 g/mol. The number of aliphatic hydroxyl groups is 1. The predicted molar refractivity (Wildman–Crippen MR) is 120 cm³/mol. The summed E-state index contributed by atoms with van der Waals surface area (Å²) in [7, 11) is -2.16. The number of nitrogens with zero attached hydrogens (tertiary/aromatic N) is 2. The fourth-order valence-corrected chi connectivity index (χ4v) is 7.59. The first-order chi connectivity index (χ1) is 16.2. The van der Waals surface area contributed by atoms with Crippen LogP contribution < -0.4 is 5.32 Å². The van der Waals surface area contributed by atoms with E-state index in [1.165, 1.54) is 17.8 Å². The molecule has 4 fully saturated rings. The number of phosphoric ester groups is 1. The minimum Gasteiger partial charge on any atom is -0.469 e. The number of Topliss-reactive ketones (excluding diaryl/α,β-unsaturated/α-hetero) is 1. The number of hydrogen-bond donors (Lipinski definition) is 2. The van der Waals surface area contributed by atoms with Gasteiger partial charge in [-0.3, -0.25) is 28.1 Å². The van der Waals surface area contributed by atoms with Crippen molar-refractivity contribution in [2.45, 2.75) is 30.5 Å². The van der Waals surface area contributed by atoms with Crippen molar-refractivity contribution in [3.63, 3.8) is 0 Å². The Hall–Kier alpha value is -1.35. The molecular formula is C19H22N3O9PS2. The zero-order valence-corrected chi connectivity index (χ0v) is 20.4. The molecule has 0 spiro atoms. The number of amides is 1. The maximum atomic E-state index is 13.3. The summed E-state index contributed by atoms with van der Waals surface area (Å²) < 4.78 is 41.4. The highest BCUT2D eigenvalue weighted by Gasteiger charge is 2.60. The topological polar surface area (TPSA) is 136 Å². The molecule has 34 heavy (non-hydrogen) atoms. The van der Waals surface area contributed by atoms with Gasteiger partial charge in [0.25, 0.3) is 0 Å². The number of ketones is 1. The van der Waals surface area contributed by atoms with Gasteiger partial charge in [-0.1, -0.05) is 30.1 Å². The van der Waals surface area contributed by atoms with Gasteiger partial charge in [-0.2, -0.15) is 0 Å². The molecule has 12 nitrogen and oxygen atoms in total. The molecule has 4 heterocycles. The van der Waals surface area contributed by atoms with Crippen LogP contribution in [0.4, 0.5) is 0 Å². The van der Waals surface area contributed by atoms with Crippen molar-refractivity contribution < 1.29 is 42.3 Å². The molecule has 8 atom stereocenters. The lowest BCUT2D eigenvalue weighted by Crippen LogP contribution is -2.63. The van der Waals surface area contributed by atoms with Gasteiger partial charge in [0.2, 0.25) is 5.91 Å². The third-order valence-electron chi connectivity index (χ3n) is 6.62. The van der Waals surface area contributed by atoms with Crippen LogP contribution in [0, 0.1) is 11.8 Å². The van der Waals surface area contributed by atoms with Crippen molar-refractivity contribution >= 4 is 47.8 Å². The van der Waals surface area contributed by atoms with Crippen LogP contribution >= 0.6 is 31.8 Å². The van der Waals surface area contributed by atoms with Gasteiger partial charge in [-0.15, -0.1) is 0 Å². The Morgan fingerprint density at radius 1 is 1.32 bits per heavy atom. The number of carbonyl (C=O) groups is 2. The fraction of sp³-hybridized carbons (Fsp3) is 0.632. The van der Waals surface area contributed by atoms with Crippen molar-refractivity contribution in [3.05, 3.63) is 23.5 Å². The Bertz CT molecular complexity index is 1070. The standard InChI is InChI=1S/C19H22N3O9PS2/c1-21-4-22(19(33)34-6-21)5-29-32(26)30-15-10(23)2-9-8-3-11-16(28-7-27-11)14(24)12(8)18(25)20-13(9)17(15)31-32/h2-3,8,10,12-13,15-17,23H,4-7H2,1H3,(H,20,25). The number of phosphoric acid groups is 1. The number of thiocarbonyl (C=S) groups is 1. The molecule has 0 aromatic carbocycles. The molecule has 4 saturated heterocycles. The molecule has 1 amide bonds. The van der Waals surface area contributed by atoms with Gasteiger partial charge in [-0.05, 0) is 18.7 Å². The number of ether oxygens (including phenoxy) is 2. The second kappa shape index (κ2) is 8.36. The molecule has 2 N–H and O–H groups in total. The summed E-state index contributed by atoms with van der Waals surface area (Å²) in [5, 5.41) is 13.6. The second-order valence-electron chi connectivity index (χ2n) is 8.85. The number of nitrogens with one attached hydrogen (secondary N) is 1. The Balaban J connectivity index is 1.23. The third kappa shape index (κ3) is 3.67. The van der Waals surface area contributed by atoms with E-state index in [1.54, 1.807) is 11.0 Å². The highest BCUT2D eigenvalue weighted by Crippen LogP contribution is 2.60. The van der Waals surface area contributed by atoms with Crippen LogP contribution in [0.25, 0.3) is 0 Å². The van der Waals surface area contributed by atoms with Gasteiger partial charge < -0.3 is 24.8 Å². The molecule has 8 unspecified atom stereocenters. The highest BCUT2D eigenvalue weighted by atomic mass is 32.2. The average molecular weight is 532 g/mol. The van der Waals surface area contributed by atoms with Crippen LogP contribution in [0.5, 0.6) is 0 Å². The smallest absolute Gasteiger partial charge is 0.469 e. The first kappa shape index (κ1) is 23.1. The van der Waals surface area contributed by atoms with Crippen molar-refractivity contribution in [2.75, 3.05) is 33.1 Å². The summed E-state index contributed by atoms with van der Waals surface area (Å²) in [6, 6.07) is -0.761. The van der Waals surface area contributed by atoms with E-state index in [0.29, 0.717) is 22.3 Å². The van der Waals surface area contributed by atoms with E-state index < -0.39 is 61.8 Å². The number of rotatable bonds is 3. The Kier molecular flexibility index (Phi) is 5.67. The quantitative estimate of drug-likeness (QED) is 0.217. The molecule has 2 aliphatic carbocycles. The first-order valence-electron chi connectivity index (χ1n) is 10.7. The number of piperidine rings is 1. The lowest BCUT2D eigenvalue weighted by molar-refractivity contribution is -0.143. The summed E-state index contributed by atoms with van der Waals surface area (Å²) in [6.45, 7) is 0.305. The first-order valence-corrected chi connectivity index (χ1v) is 13.5. The second-order valence-corrected chi connectivity index (χ2v) is 12.0. The third-order valence-corrected chi connectivity index (χ3v) is 9.74. The SMILES string of the molecule is CN1CSC(=S)N(COP2(=O)OC3C(O)C=C4C5C=C6OCOC6C(=O)C5C(=O)NC4C3O2)C1. The molecule has 6 rings (SSSR count). The van der Waals surface area contributed by atoms with Crippen molar-refractivity contribution in [1.29, 1.82) is 0 Å². The number of thioether (sulfide) groups is 1. The Labute approximate surface area is 204 Å². The highest BCUT2D eigenvalue weighted by molar-refractivity contribution is 8.22. The van der Waals surface area contributed by atoms with E-state index in [4.69, 9.17) is 35.3 Å². The summed E-state index contributed by atoms with van der Waals surface area (Å²) >= 11 is 6.78. The zero-order chi connectivity index (χ0) is 23.8. The van der Waals surface area contributed by atoms with Crippen LogP contribution in [0.3, 0.4) is 0 Å². The summed E-state index contributed by atoms with van der Waals surface area (Å²) in [5.74, 6) is -1.45. The van der Waals surface area contributed by atoms with E-state index in [1.807, 2.05) is 11.9 Å². The number of fused-ring (bicyclic) bond motifs is 6. The lowest BCUT2D eigenvalue weighted by Gasteiger charge is -2.44. The van der Waals surface area contributed by atoms with E-state index in [2.05, 4.69) is 5.32 Å². The van der Waals surface area contributed by atoms with Crippen LogP contribution in [-0.4, -0.2) is 94.5 Å². The van der Waals surface area contributed by atoms with Crippen LogP contribution in [0.1, 0.15) is 0 Å². The van der Waals surface area contributed by atoms with Gasteiger partial charge in [0.15, 0.2) is 18.7 Å². The van der Waals surface area contributed by atoms with Crippen LogP contribution in [-0.2, 0) is 37.2 Å². The zero-order valence-electron chi connectivity index (χ0n) is 17.9. The predicted octanol–water partition coefficient (Wildman–Crippen LogP) is -0.0957. The molecule has 0 aromatic heterocycles. The Morgan fingerprint density at radius 2 is 2.12 bits per heavy atom. The fourth-order valence-electron chi connectivity index (χ4n) is 5.08. The molecule has 184 valence electrons. The molecule has 0 radical (unpaired) electrons. The van der Waals surface area contributed by atoms with Gasteiger partial charge in [0, 0.05) is 5.92 Å². The molecule has 6 aliphatic rings. The number of hydrogen-bond acceptors (Lipinski definition) is 12.